The fraction of sp³-hybridized carbons (Fsp3) is 0.0909. The lowest BCUT2D eigenvalue weighted by Crippen LogP contribution is -2.04. The molecule has 0 atom stereocenters. The van der Waals surface area contributed by atoms with Crippen LogP contribution in [-0.4, -0.2) is 20.9 Å². The first-order valence-electron chi connectivity index (χ1n) is 4.61. The summed E-state index contributed by atoms with van der Waals surface area (Å²) < 4.78 is 14.2. The molecule has 1 aromatic carbocycles. The van der Waals surface area contributed by atoms with Gasteiger partial charge < -0.3 is 5.11 Å². The maximum absolute atomic E-state index is 13.0. The van der Waals surface area contributed by atoms with Crippen molar-refractivity contribution >= 4 is 5.97 Å². The van der Waals surface area contributed by atoms with E-state index in [0.717, 1.165) is 0 Å². The Labute approximate surface area is 90.9 Å². The highest BCUT2D eigenvalue weighted by Crippen LogP contribution is 2.19. The summed E-state index contributed by atoms with van der Waals surface area (Å²) >= 11 is 0. The van der Waals surface area contributed by atoms with E-state index in [1.807, 2.05) is 0 Å². The average molecular weight is 220 g/mol. The van der Waals surface area contributed by atoms with Crippen molar-refractivity contribution in [2.75, 3.05) is 0 Å². The van der Waals surface area contributed by atoms with Crippen LogP contribution >= 0.6 is 0 Å². The minimum atomic E-state index is -1.06. The van der Waals surface area contributed by atoms with Gasteiger partial charge in [-0.25, -0.2) is 9.18 Å². The molecule has 1 aromatic heterocycles. The molecule has 0 fully saturated rings. The molecule has 2 aromatic rings. The Morgan fingerprint density at radius 1 is 1.44 bits per heavy atom. The quantitative estimate of drug-likeness (QED) is 0.841. The molecule has 0 radical (unpaired) electrons. The molecule has 0 unspecified atom stereocenters. The second-order valence-corrected chi connectivity index (χ2v) is 3.35. The van der Waals surface area contributed by atoms with Gasteiger partial charge in [-0.15, -0.1) is 0 Å². The third kappa shape index (κ3) is 1.79. The van der Waals surface area contributed by atoms with Crippen molar-refractivity contribution in [3.05, 3.63) is 41.8 Å². The van der Waals surface area contributed by atoms with Crippen molar-refractivity contribution in [2.24, 2.45) is 7.05 Å². The van der Waals surface area contributed by atoms with Crippen molar-refractivity contribution in [1.29, 1.82) is 0 Å². The van der Waals surface area contributed by atoms with Crippen molar-refractivity contribution in [3.63, 3.8) is 0 Å². The highest BCUT2D eigenvalue weighted by atomic mass is 19.1. The lowest BCUT2D eigenvalue weighted by Gasteiger charge is -1.95. The Hall–Kier alpha value is -2.17. The largest absolute Gasteiger partial charge is 0.477 e. The SMILES string of the molecule is Cn1nc(-c2cccc(F)c2)cc1C(=O)O. The van der Waals surface area contributed by atoms with E-state index >= 15 is 0 Å². The summed E-state index contributed by atoms with van der Waals surface area (Å²) in [5.41, 5.74) is 1.07. The van der Waals surface area contributed by atoms with Gasteiger partial charge in [0.25, 0.3) is 0 Å². The molecule has 0 bridgehead atoms. The van der Waals surface area contributed by atoms with Gasteiger partial charge in [0.1, 0.15) is 11.5 Å². The van der Waals surface area contributed by atoms with Crippen molar-refractivity contribution in [2.45, 2.75) is 0 Å². The summed E-state index contributed by atoms with van der Waals surface area (Å²) in [4.78, 5) is 10.8. The van der Waals surface area contributed by atoms with E-state index in [-0.39, 0.29) is 11.5 Å². The van der Waals surface area contributed by atoms with E-state index in [4.69, 9.17) is 5.11 Å². The lowest BCUT2D eigenvalue weighted by atomic mass is 10.1. The van der Waals surface area contributed by atoms with Crippen molar-refractivity contribution in [1.82, 2.24) is 9.78 Å². The fourth-order valence-corrected chi connectivity index (χ4v) is 1.46. The number of halogens is 1. The number of carboxylic acids is 1. The maximum atomic E-state index is 13.0. The number of hydrogen-bond acceptors (Lipinski definition) is 2. The summed E-state index contributed by atoms with van der Waals surface area (Å²) in [6.07, 6.45) is 0. The molecule has 0 aliphatic rings. The van der Waals surface area contributed by atoms with Crippen molar-refractivity contribution in [3.8, 4) is 11.3 Å². The lowest BCUT2D eigenvalue weighted by molar-refractivity contribution is 0.0685. The monoisotopic (exact) mass is 220 g/mol. The first-order valence-corrected chi connectivity index (χ1v) is 4.61. The van der Waals surface area contributed by atoms with Gasteiger partial charge in [-0.3, -0.25) is 4.68 Å². The Balaban J connectivity index is 2.49. The Morgan fingerprint density at radius 2 is 2.19 bits per heavy atom. The molecule has 0 saturated carbocycles. The summed E-state index contributed by atoms with van der Waals surface area (Å²) in [5, 5.41) is 12.9. The van der Waals surface area contributed by atoms with Crippen LogP contribution in [-0.2, 0) is 7.05 Å². The van der Waals surface area contributed by atoms with E-state index in [0.29, 0.717) is 11.3 Å². The molecular formula is C11H9FN2O2. The van der Waals surface area contributed by atoms with Crippen LogP contribution in [0.1, 0.15) is 10.5 Å². The zero-order valence-corrected chi connectivity index (χ0v) is 8.51. The third-order valence-corrected chi connectivity index (χ3v) is 2.22. The molecule has 0 aliphatic heterocycles. The molecule has 0 spiro atoms. The first kappa shape index (κ1) is 10.4. The average Bonchev–Trinajstić information content (AvgIpc) is 2.60. The Bertz CT molecular complexity index is 549. The van der Waals surface area contributed by atoms with Gasteiger partial charge in [-0.2, -0.15) is 5.10 Å². The second kappa shape index (κ2) is 3.77. The molecule has 82 valence electrons. The van der Waals surface area contributed by atoms with Crippen LogP contribution in [0.3, 0.4) is 0 Å². The number of aromatic nitrogens is 2. The number of rotatable bonds is 2. The van der Waals surface area contributed by atoms with Gasteiger partial charge in [-0.05, 0) is 18.2 Å². The molecule has 4 nitrogen and oxygen atoms in total. The Morgan fingerprint density at radius 3 is 2.75 bits per heavy atom. The zero-order chi connectivity index (χ0) is 11.7. The predicted octanol–water partition coefficient (Wildman–Crippen LogP) is 1.92. The van der Waals surface area contributed by atoms with Crippen molar-refractivity contribution < 1.29 is 14.3 Å². The predicted molar refractivity (Wildman–Crippen MR) is 55.6 cm³/mol. The number of nitrogens with zero attached hydrogens (tertiary/aromatic N) is 2. The molecular weight excluding hydrogens is 211 g/mol. The van der Waals surface area contributed by atoms with E-state index in [9.17, 15) is 9.18 Å². The number of benzene rings is 1. The van der Waals surface area contributed by atoms with Gasteiger partial charge in [-0.1, -0.05) is 12.1 Å². The summed E-state index contributed by atoms with van der Waals surface area (Å²) in [6, 6.07) is 7.28. The van der Waals surface area contributed by atoms with E-state index < -0.39 is 5.97 Å². The highest BCUT2D eigenvalue weighted by Gasteiger charge is 2.12. The van der Waals surface area contributed by atoms with Crippen LogP contribution in [0.25, 0.3) is 11.3 Å². The van der Waals surface area contributed by atoms with Gasteiger partial charge in [0.15, 0.2) is 0 Å². The molecule has 5 heteroatoms. The molecule has 0 aliphatic carbocycles. The fourth-order valence-electron chi connectivity index (χ4n) is 1.46. The summed E-state index contributed by atoms with van der Waals surface area (Å²) in [6.45, 7) is 0. The van der Waals surface area contributed by atoms with Gasteiger partial charge >= 0.3 is 5.97 Å². The van der Waals surface area contributed by atoms with E-state index in [1.54, 1.807) is 12.1 Å². The van der Waals surface area contributed by atoms with Gasteiger partial charge in [0.2, 0.25) is 0 Å². The minimum absolute atomic E-state index is 0.0688. The van der Waals surface area contributed by atoms with E-state index in [2.05, 4.69) is 5.10 Å². The Kier molecular flexibility index (Phi) is 2.44. The normalized spacial score (nSPS) is 10.4. The first-order chi connectivity index (χ1) is 7.58. The third-order valence-electron chi connectivity index (χ3n) is 2.22. The van der Waals surface area contributed by atoms with E-state index in [1.165, 1.54) is 29.9 Å². The molecule has 0 amide bonds. The smallest absolute Gasteiger partial charge is 0.354 e. The summed E-state index contributed by atoms with van der Waals surface area (Å²) in [7, 11) is 1.53. The topological polar surface area (TPSA) is 55.1 Å². The minimum Gasteiger partial charge on any atom is -0.477 e. The number of aromatic carboxylic acids is 1. The van der Waals surface area contributed by atoms with Crippen LogP contribution in [0.15, 0.2) is 30.3 Å². The molecule has 1 N–H and O–H groups in total. The molecule has 16 heavy (non-hydrogen) atoms. The maximum Gasteiger partial charge on any atom is 0.354 e. The number of aryl methyl sites for hydroxylation is 1. The molecule has 0 saturated heterocycles. The van der Waals surface area contributed by atoms with Crippen LogP contribution in [0, 0.1) is 5.82 Å². The van der Waals surface area contributed by atoms with Gasteiger partial charge in [0, 0.05) is 12.6 Å². The van der Waals surface area contributed by atoms with Gasteiger partial charge in [0.05, 0.1) is 5.69 Å². The van der Waals surface area contributed by atoms with Crippen LogP contribution in [0.5, 0.6) is 0 Å². The number of hydrogen-bond donors (Lipinski definition) is 1. The second-order valence-electron chi connectivity index (χ2n) is 3.35. The number of carbonyl (C=O) groups is 1. The van der Waals surface area contributed by atoms with Crippen LogP contribution in [0.2, 0.25) is 0 Å². The number of carboxylic acid groups (broad SMARTS) is 1. The van der Waals surface area contributed by atoms with Crippen LogP contribution in [0.4, 0.5) is 4.39 Å². The molecule has 1 heterocycles. The zero-order valence-electron chi connectivity index (χ0n) is 8.51. The van der Waals surface area contributed by atoms with Crippen LogP contribution < -0.4 is 0 Å². The highest BCUT2D eigenvalue weighted by molar-refractivity contribution is 5.87. The molecule has 2 rings (SSSR count). The standard InChI is InChI=1S/C11H9FN2O2/c1-14-10(11(15)16)6-9(13-14)7-3-2-4-8(12)5-7/h2-6H,1H3,(H,15,16). The summed E-state index contributed by atoms with van der Waals surface area (Å²) in [5.74, 6) is -1.43.